The molecule has 31 heavy (non-hydrogen) atoms. The number of carbonyl (C=O) groups excluding carboxylic acids is 1. The highest BCUT2D eigenvalue weighted by Crippen LogP contribution is 2.50. The molecule has 1 atom stereocenters. The summed E-state index contributed by atoms with van der Waals surface area (Å²) in [5.41, 5.74) is 8.63. The van der Waals surface area contributed by atoms with Crippen LogP contribution in [0.25, 0.3) is 5.57 Å². The van der Waals surface area contributed by atoms with Gasteiger partial charge >= 0.3 is 5.97 Å². The standard InChI is InChI=1S/C29H40O2/c1-8-31-27(30)17-20(2)13-14-22-11-9-10-12-24(22)23-15-16-25-26(18-23)29(6,7)21(3)19-28(25,4)5/h13-18,21H,8-12,19H2,1-7H3/b14-13+,20-17+. The topological polar surface area (TPSA) is 26.3 Å². The second-order valence-electron chi connectivity index (χ2n) is 10.7. The molecule has 1 unspecified atom stereocenters. The van der Waals surface area contributed by atoms with E-state index >= 15 is 0 Å². The number of hydrogen-bond acceptors (Lipinski definition) is 2. The molecule has 0 spiro atoms. The maximum atomic E-state index is 11.7. The molecule has 2 heteroatoms. The molecule has 0 N–H and O–H groups in total. The van der Waals surface area contributed by atoms with E-state index in [0.717, 1.165) is 18.4 Å². The highest BCUT2D eigenvalue weighted by atomic mass is 16.5. The van der Waals surface area contributed by atoms with Crippen LogP contribution in [0.2, 0.25) is 0 Å². The first kappa shape index (κ1) is 23.6. The van der Waals surface area contributed by atoms with Crippen molar-refractivity contribution in [2.45, 2.75) is 91.4 Å². The Morgan fingerprint density at radius 3 is 2.55 bits per heavy atom. The molecular formula is C29H40O2. The van der Waals surface area contributed by atoms with Crippen molar-refractivity contribution in [3.05, 3.63) is 64.3 Å². The number of benzene rings is 1. The Hall–Kier alpha value is -2.09. The van der Waals surface area contributed by atoms with E-state index in [-0.39, 0.29) is 16.8 Å². The number of carbonyl (C=O) groups is 1. The number of esters is 1. The van der Waals surface area contributed by atoms with Gasteiger partial charge in [-0.25, -0.2) is 4.79 Å². The van der Waals surface area contributed by atoms with Gasteiger partial charge in [0.1, 0.15) is 0 Å². The van der Waals surface area contributed by atoms with Crippen LogP contribution in [-0.2, 0) is 20.4 Å². The highest BCUT2D eigenvalue weighted by Gasteiger charge is 2.42. The molecule has 0 saturated carbocycles. The van der Waals surface area contributed by atoms with Gasteiger partial charge in [-0.2, -0.15) is 0 Å². The Morgan fingerprint density at radius 2 is 1.84 bits per heavy atom. The molecule has 2 aliphatic rings. The number of ether oxygens (including phenoxy) is 1. The maximum Gasteiger partial charge on any atom is 0.330 e. The molecule has 1 aromatic rings. The van der Waals surface area contributed by atoms with E-state index in [1.54, 1.807) is 6.08 Å². The van der Waals surface area contributed by atoms with Crippen molar-refractivity contribution in [2.24, 2.45) is 5.92 Å². The minimum Gasteiger partial charge on any atom is -0.463 e. The SMILES string of the molecule is CCOC(=O)/C=C(C)/C=C/C1=C(c2ccc3c(c2)C(C)(C)C(C)CC3(C)C)CCCC1. The van der Waals surface area contributed by atoms with Gasteiger partial charge in [0, 0.05) is 6.08 Å². The fraction of sp³-hybridized carbons (Fsp3) is 0.552. The van der Waals surface area contributed by atoms with E-state index in [4.69, 9.17) is 4.74 Å². The largest absolute Gasteiger partial charge is 0.463 e. The monoisotopic (exact) mass is 420 g/mol. The van der Waals surface area contributed by atoms with Gasteiger partial charge in [-0.05, 0) is 96.1 Å². The quantitative estimate of drug-likeness (QED) is 0.277. The van der Waals surface area contributed by atoms with Crippen molar-refractivity contribution in [3.8, 4) is 0 Å². The summed E-state index contributed by atoms with van der Waals surface area (Å²) in [5, 5.41) is 0. The zero-order valence-corrected chi connectivity index (χ0v) is 20.6. The van der Waals surface area contributed by atoms with Crippen molar-refractivity contribution in [1.29, 1.82) is 0 Å². The van der Waals surface area contributed by atoms with Crippen molar-refractivity contribution < 1.29 is 9.53 Å². The molecule has 0 saturated heterocycles. The first-order valence-corrected chi connectivity index (χ1v) is 12.0. The molecular weight excluding hydrogens is 380 g/mol. The minimum absolute atomic E-state index is 0.186. The predicted octanol–water partition coefficient (Wildman–Crippen LogP) is 7.67. The van der Waals surface area contributed by atoms with Crippen LogP contribution in [0, 0.1) is 5.92 Å². The van der Waals surface area contributed by atoms with Crippen LogP contribution in [0.15, 0.2) is 47.6 Å². The van der Waals surface area contributed by atoms with E-state index in [9.17, 15) is 4.79 Å². The summed E-state index contributed by atoms with van der Waals surface area (Å²) in [5.74, 6) is 0.386. The first-order valence-electron chi connectivity index (χ1n) is 12.0. The van der Waals surface area contributed by atoms with E-state index in [1.165, 1.54) is 47.1 Å². The molecule has 168 valence electrons. The number of fused-ring (bicyclic) bond motifs is 1. The minimum atomic E-state index is -0.267. The van der Waals surface area contributed by atoms with Crippen LogP contribution in [0.5, 0.6) is 0 Å². The average molecular weight is 421 g/mol. The molecule has 3 rings (SSSR count). The summed E-state index contributed by atoms with van der Waals surface area (Å²) in [6.45, 7) is 16.2. The second kappa shape index (κ2) is 9.18. The van der Waals surface area contributed by atoms with E-state index < -0.39 is 0 Å². The molecule has 0 amide bonds. The lowest BCUT2D eigenvalue weighted by Gasteiger charge is -2.46. The molecule has 0 heterocycles. The highest BCUT2D eigenvalue weighted by molar-refractivity contribution is 5.83. The van der Waals surface area contributed by atoms with Gasteiger partial charge in [-0.3, -0.25) is 0 Å². The molecule has 2 aliphatic carbocycles. The summed E-state index contributed by atoms with van der Waals surface area (Å²) in [6, 6.07) is 7.23. The van der Waals surface area contributed by atoms with Crippen LogP contribution in [0.3, 0.4) is 0 Å². The summed E-state index contributed by atoms with van der Waals surface area (Å²) in [6.07, 6.45) is 11.8. The molecule has 0 aliphatic heterocycles. The first-order chi connectivity index (χ1) is 14.6. The number of allylic oxidation sites excluding steroid dienone is 5. The summed E-state index contributed by atoms with van der Waals surface area (Å²) < 4.78 is 5.03. The van der Waals surface area contributed by atoms with Gasteiger partial charge in [0.05, 0.1) is 6.61 Å². The zero-order valence-electron chi connectivity index (χ0n) is 20.6. The third-order valence-corrected chi connectivity index (χ3v) is 7.53. The van der Waals surface area contributed by atoms with Crippen LogP contribution < -0.4 is 0 Å². The Labute approximate surface area is 189 Å². The second-order valence-corrected chi connectivity index (χ2v) is 10.7. The molecule has 0 fully saturated rings. The predicted molar refractivity (Wildman–Crippen MR) is 131 cm³/mol. The summed E-state index contributed by atoms with van der Waals surface area (Å²) in [4.78, 5) is 11.7. The van der Waals surface area contributed by atoms with Gasteiger partial charge in [-0.1, -0.05) is 65.0 Å². The zero-order chi connectivity index (χ0) is 22.8. The van der Waals surface area contributed by atoms with Crippen LogP contribution in [0.1, 0.15) is 97.3 Å². The number of rotatable bonds is 5. The van der Waals surface area contributed by atoms with Gasteiger partial charge in [-0.15, -0.1) is 0 Å². The Morgan fingerprint density at radius 1 is 1.13 bits per heavy atom. The van der Waals surface area contributed by atoms with Crippen LogP contribution in [0.4, 0.5) is 0 Å². The summed E-state index contributed by atoms with van der Waals surface area (Å²) >= 11 is 0. The van der Waals surface area contributed by atoms with E-state index in [2.05, 4.69) is 65.0 Å². The lowest BCUT2D eigenvalue weighted by Crippen LogP contribution is -2.40. The van der Waals surface area contributed by atoms with Crippen molar-refractivity contribution >= 4 is 11.5 Å². The molecule has 0 aromatic heterocycles. The van der Waals surface area contributed by atoms with Crippen LogP contribution in [-0.4, -0.2) is 12.6 Å². The Kier molecular flexibility index (Phi) is 6.98. The lowest BCUT2D eigenvalue weighted by molar-refractivity contribution is -0.137. The van der Waals surface area contributed by atoms with E-state index in [0.29, 0.717) is 12.5 Å². The normalized spacial score (nSPS) is 23.1. The molecule has 0 bridgehead atoms. The molecule has 1 aromatic carbocycles. The number of hydrogen-bond donors (Lipinski definition) is 0. The van der Waals surface area contributed by atoms with Gasteiger partial charge in [0.15, 0.2) is 0 Å². The average Bonchev–Trinajstić information content (AvgIpc) is 2.71. The van der Waals surface area contributed by atoms with Gasteiger partial charge in [0.2, 0.25) is 0 Å². The molecule has 2 nitrogen and oxygen atoms in total. The summed E-state index contributed by atoms with van der Waals surface area (Å²) in [7, 11) is 0. The van der Waals surface area contributed by atoms with Crippen LogP contribution >= 0.6 is 0 Å². The third kappa shape index (κ3) is 5.05. The Bertz CT molecular complexity index is 924. The van der Waals surface area contributed by atoms with Crippen molar-refractivity contribution in [3.63, 3.8) is 0 Å². The fourth-order valence-electron chi connectivity index (χ4n) is 5.34. The van der Waals surface area contributed by atoms with Crippen molar-refractivity contribution in [2.75, 3.05) is 6.61 Å². The smallest absolute Gasteiger partial charge is 0.330 e. The van der Waals surface area contributed by atoms with E-state index in [1.807, 2.05) is 13.8 Å². The van der Waals surface area contributed by atoms with Crippen molar-refractivity contribution in [1.82, 2.24) is 0 Å². The fourth-order valence-corrected chi connectivity index (χ4v) is 5.34. The molecule has 0 radical (unpaired) electrons. The Balaban J connectivity index is 2.00. The lowest BCUT2D eigenvalue weighted by atomic mass is 9.58. The van der Waals surface area contributed by atoms with Gasteiger partial charge in [0.25, 0.3) is 0 Å². The maximum absolute atomic E-state index is 11.7. The third-order valence-electron chi connectivity index (χ3n) is 7.53. The van der Waals surface area contributed by atoms with Gasteiger partial charge < -0.3 is 4.74 Å².